The number of nitrogens with zero attached hydrogens (tertiary/aromatic N) is 1. The highest BCUT2D eigenvalue weighted by molar-refractivity contribution is 9.10. The van der Waals surface area contributed by atoms with Crippen molar-refractivity contribution in [3.05, 3.63) is 56.1 Å². The number of H-pyrrole nitrogens is 1. The van der Waals surface area contributed by atoms with Gasteiger partial charge in [-0.25, -0.2) is 9.37 Å². The number of anilines is 1. The normalized spacial score (nSPS) is 10.9. The van der Waals surface area contributed by atoms with E-state index in [4.69, 9.17) is 0 Å². The Hall–Kier alpha value is -1.73. The van der Waals surface area contributed by atoms with Crippen molar-refractivity contribution in [2.75, 3.05) is 5.32 Å². The highest BCUT2D eigenvalue weighted by Crippen LogP contribution is 2.20. The number of fused-ring (bicyclic) bond motifs is 1. The molecular weight excluding hydrogens is 345 g/mol. The second-order valence-electron chi connectivity index (χ2n) is 4.13. The van der Waals surface area contributed by atoms with Crippen LogP contribution in [0.15, 0.2) is 38.9 Å². The Balaban J connectivity index is 1.84. The van der Waals surface area contributed by atoms with E-state index in [0.717, 1.165) is 0 Å². The third kappa shape index (κ3) is 2.59. The molecule has 0 bridgehead atoms. The van der Waals surface area contributed by atoms with Gasteiger partial charge < -0.3 is 10.3 Å². The molecule has 7 heteroatoms. The first-order valence-electron chi connectivity index (χ1n) is 5.79. The molecule has 2 N–H and O–H groups in total. The lowest BCUT2D eigenvalue weighted by Gasteiger charge is -2.07. The minimum Gasteiger partial charge on any atom is -0.375 e. The molecule has 0 fully saturated rings. The molecule has 0 spiro atoms. The second-order valence-corrected chi connectivity index (χ2v) is 5.96. The lowest BCUT2D eigenvalue weighted by molar-refractivity contribution is 0.629. The number of benzene rings is 1. The van der Waals surface area contributed by atoms with E-state index in [-0.39, 0.29) is 17.9 Å². The van der Waals surface area contributed by atoms with Gasteiger partial charge in [0.25, 0.3) is 5.56 Å². The van der Waals surface area contributed by atoms with Crippen molar-refractivity contribution in [1.29, 1.82) is 0 Å². The fraction of sp³-hybridized carbons (Fsp3) is 0.0769. The monoisotopic (exact) mass is 353 g/mol. The maximum atomic E-state index is 13.7. The molecule has 0 aliphatic rings. The van der Waals surface area contributed by atoms with E-state index in [1.165, 1.54) is 17.4 Å². The third-order valence-electron chi connectivity index (χ3n) is 2.74. The average molecular weight is 354 g/mol. The van der Waals surface area contributed by atoms with Gasteiger partial charge in [0.15, 0.2) is 0 Å². The van der Waals surface area contributed by atoms with Crippen molar-refractivity contribution in [3.63, 3.8) is 0 Å². The van der Waals surface area contributed by atoms with Gasteiger partial charge >= 0.3 is 0 Å². The summed E-state index contributed by atoms with van der Waals surface area (Å²) in [5.74, 6) is 0.113. The fourth-order valence-electron chi connectivity index (χ4n) is 1.82. The van der Waals surface area contributed by atoms with E-state index >= 15 is 0 Å². The van der Waals surface area contributed by atoms with E-state index in [1.807, 2.05) is 5.38 Å². The Bertz CT molecular complexity index is 830. The van der Waals surface area contributed by atoms with Crippen LogP contribution in [0.4, 0.5) is 10.1 Å². The van der Waals surface area contributed by atoms with Crippen LogP contribution in [0.3, 0.4) is 0 Å². The molecule has 2 heterocycles. The van der Waals surface area contributed by atoms with E-state index in [1.54, 1.807) is 18.2 Å². The van der Waals surface area contributed by atoms with Crippen LogP contribution in [-0.4, -0.2) is 9.97 Å². The van der Waals surface area contributed by atoms with Gasteiger partial charge in [0.05, 0.1) is 17.7 Å². The predicted octanol–water partition coefficient (Wildman–Crippen LogP) is 3.50. The first-order valence-corrected chi connectivity index (χ1v) is 7.46. The summed E-state index contributed by atoms with van der Waals surface area (Å²) in [5, 5.41) is 4.73. The molecule has 102 valence electrons. The van der Waals surface area contributed by atoms with Crippen molar-refractivity contribution in [3.8, 4) is 0 Å². The molecule has 0 atom stereocenters. The van der Waals surface area contributed by atoms with Crippen LogP contribution in [0.2, 0.25) is 0 Å². The first kappa shape index (κ1) is 13.3. The SMILES string of the molecule is O=c1[nH]c(CNc2ccc(Br)cc2F)nc2ccsc12. The largest absolute Gasteiger partial charge is 0.375 e. The summed E-state index contributed by atoms with van der Waals surface area (Å²) in [6.45, 7) is 0.250. The number of aromatic nitrogens is 2. The van der Waals surface area contributed by atoms with Crippen molar-refractivity contribution in [2.45, 2.75) is 6.54 Å². The molecule has 0 aliphatic carbocycles. The molecule has 0 aliphatic heterocycles. The number of halogens is 2. The van der Waals surface area contributed by atoms with Crippen LogP contribution in [-0.2, 0) is 6.54 Å². The molecule has 0 saturated carbocycles. The van der Waals surface area contributed by atoms with Crippen LogP contribution >= 0.6 is 27.3 Å². The minimum atomic E-state index is -0.363. The van der Waals surface area contributed by atoms with E-state index < -0.39 is 0 Å². The van der Waals surface area contributed by atoms with Gasteiger partial charge in [-0.1, -0.05) is 15.9 Å². The van der Waals surface area contributed by atoms with Gasteiger partial charge in [-0.2, -0.15) is 0 Å². The van der Waals surface area contributed by atoms with Crippen LogP contribution in [0, 0.1) is 5.82 Å². The smallest absolute Gasteiger partial charge is 0.268 e. The van der Waals surface area contributed by atoms with E-state index in [0.29, 0.717) is 26.2 Å². The Morgan fingerprint density at radius 2 is 2.25 bits per heavy atom. The number of nitrogens with one attached hydrogen (secondary N) is 2. The number of rotatable bonds is 3. The summed E-state index contributed by atoms with van der Waals surface area (Å²) in [5.41, 5.74) is 0.853. The van der Waals surface area contributed by atoms with E-state index in [9.17, 15) is 9.18 Å². The van der Waals surface area contributed by atoms with Gasteiger partial charge in [-0.3, -0.25) is 4.79 Å². The Morgan fingerprint density at radius 3 is 3.05 bits per heavy atom. The molecule has 1 aromatic carbocycles. The topological polar surface area (TPSA) is 57.8 Å². The number of aromatic amines is 1. The number of hydrogen-bond acceptors (Lipinski definition) is 4. The molecular formula is C13H9BrFN3OS. The van der Waals surface area contributed by atoms with Crippen LogP contribution in [0.1, 0.15) is 5.82 Å². The summed E-state index contributed by atoms with van der Waals surface area (Å²) >= 11 is 4.55. The standard InChI is InChI=1S/C13H9BrFN3OS/c14-7-1-2-9(8(15)5-7)16-6-11-17-10-3-4-20-12(10)13(19)18-11/h1-5,16H,6H2,(H,17,18,19). The summed E-state index contributed by atoms with van der Waals surface area (Å²) in [7, 11) is 0. The Morgan fingerprint density at radius 1 is 1.40 bits per heavy atom. The Labute approximate surface area is 125 Å². The van der Waals surface area contributed by atoms with Gasteiger partial charge in [-0.05, 0) is 29.6 Å². The highest BCUT2D eigenvalue weighted by Gasteiger charge is 2.06. The first-order chi connectivity index (χ1) is 9.63. The van der Waals surface area contributed by atoms with Crippen molar-refractivity contribution in [2.24, 2.45) is 0 Å². The summed E-state index contributed by atoms with van der Waals surface area (Å²) in [6, 6.07) is 6.53. The summed E-state index contributed by atoms with van der Waals surface area (Å²) < 4.78 is 14.9. The fourth-order valence-corrected chi connectivity index (χ4v) is 2.88. The van der Waals surface area contributed by atoms with Crippen LogP contribution in [0.25, 0.3) is 10.2 Å². The van der Waals surface area contributed by atoms with E-state index in [2.05, 4.69) is 31.2 Å². The van der Waals surface area contributed by atoms with Crippen molar-refractivity contribution in [1.82, 2.24) is 9.97 Å². The lowest BCUT2D eigenvalue weighted by atomic mass is 10.3. The van der Waals surface area contributed by atoms with Crippen LogP contribution < -0.4 is 10.9 Å². The molecule has 3 rings (SSSR count). The van der Waals surface area contributed by atoms with Gasteiger partial charge in [0, 0.05) is 4.47 Å². The minimum absolute atomic E-state index is 0.168. The maximum absolute atomic E-state index is 13.7. The second kappa shape index (κ2) is 5.34. The molecule has 4 nitrogen and oxygen atoms in total. The highest BCUT2D eigenvalue weighted by atomic mass is 79.9. The molecule has 0 saturated heterocycles. The molecule has 0 radical (unpaired) electrons. The molecule has 20 heavy (non-hydrogen) atoms. The Kier molecular flexibility index (Phi) is 3.54. The molecule has 0 amide bonds. The molecule has 0 unspecified atom stereocenters. The van der Waals surface area contributed by atoms with Crippen LogP contribution in [0.5, 0.6) is 0 Å². The van der Waals surface area contributed by atoms with Crippen molar-refractivity contribution >= 4 is 43.2 Å². The quantitative estimate of drug-likeness (QED) is 0.757. The zero-order valence-electron chi connectivity index (χ0n) is 10.1. The molecule has 2 aromatic heterocycles. The lowest BCUT2D eigenvalue weighted by Crippen LogP contribution is -2.13. The number of thiophene rings is 1. The summed E-state index contributed by atoms with van der Waals surface area (Å²) in [6.07, 6.45) is 0. The maximum Gasteiger partial charge on any atom is 0.268 e. The number of hydrogen-bond donors (Lipinski definition) is 2. The zero-order valence-corrected chi connectivity index (χ0v) is 12.5. The average Bonchev–Trinajstić information content (AvgIpc) is 2.86. The predicted molar refractivity (Wildman–Crippen MR) is 81.7 cm³/mol. The zero-order chi connectivity index (χ0) is 14.1. The molecule has 3 aromatic rings. The van der Waals surface area contributed by atoms with Gasteiger partial charge in [0.2, 0.25) is 0 Å². The van der Waals surface area contributed by atoms with Gasteiger partial charge in [-0.15, -0.1) is 11.3 Å². The van der Waals surface area contributed by atoms with Gasteiger partial charge in [0.1, 0.15) is 16.3 Å². The summed E-state index contributed by atoms with van der Waals surface area (Å²) in [4.78, 5) is 18.8. The van der Waals surface area contributed by atoms with Crippen molar-refractivity contribution < 1.29 is 4.39 Å². The third-order valence-corrected chi connectivity index (χ3v) is 4.14.